The van der Waals surface area contributed by atoms with Crippen molar-refractivity contribution in [1.82, 2.24) is 10.3 Å². The molecule has 1 unspecified atom stereocenters. The highest BCUT2D eigenvalue weighted by molar-refractivity contribution is 7.99. The van der Waals surface area contributed by atoms with Crippen molar-refractivity contribution >= 4 is 22.5 Å². The SMILES string of the molecule is CNC(CSc1ccncc1)c1cccc2ccccc12. The third kappa shape index (κ3) is 3.26. The summed E-state index contributed by atoms with van der Waals surface area (Å²) in [7, 11) is 2.03. The predicted octanol–water partition coefficient (Wildman–Crippen LogP) is 4.29. The van der Waals surface area contributed by atoms with Crippen molar-refractivity contribution in [3.05, 3.63) is 72.6 Å². The molecule has 0 fully saturated rings. The Morgan fingerprint density at radius 1 is 1.00 bits per heavy atom. The lowest BCUT2D eigenvalue weighted by Crippen LogP contribution is -2.19. The number of nitrogens with zero attached hydrogens (tertiary/aromatic N) is 1. The van der Waals surface area contributed by atoms with Gasteiger partial charge in [-0.2, -0.15) is 0 Å². The second-order valence-corrected chi connectivity index (χ2v) is 6.00. The highest BCUT2D eigenvalue weighted by atomic mass is 32.2. The van der Waals surface area contributed by atoms with Crippen LogP contribution in [0, 0.1) is 0 Å². The summed E-state index contributed by atoms with van der Waals surface area (Å²) in [6.07, 6.45) is 3.68. The Balaban J connectivity index is 1.85. The van der Waals surface area contributed by atoms with Gasteiger partial charge in [-0.25, -0.2) is 0 Å². The minimum absolute atomic E-state index is 0.328. The van der Waals surface area contributed by atoms with Gasteiger partial charge in [0.25, 0.3) is 0 Å². The maximum absolute atomic E-state index is 4.06. The van der Waals surface area contributed by atoms with Gasteiger partial charge in [0.05, 0.1) is 0 Å². The first-order valence-corrected chi connectivity index (χ1v) is 8.05. The average molecular weight is 294 g/mol. The number of hydrogen-bond acceptors (Lipinski definition) is 3. The van der Waals surface area contributed by atoms with Crippen molar-refractivity contribution in [1.29, 1.82) is 0 Å². The highest BCUT2D eigenvalue weighted by Gasteiger charge is 2.12. The molecule has 0 spiro atoms. The Labute approximate surface area is 129 Å². The van der Waals surface area contributed by atoms with Gasteiger partial charge in [0.15, 0.2) is 0 Å². The molecule has 3 aromatic rings. The lowest BCUT2D eigenvalue weighted by atomic mass is 10.00. The molecule has 0 bridgehead atoms. The van der Waals surface area contributed by atoms with Crippen molar-refractivity contribution in [2.45, 2.75) is 10.9 Å². The Hall–Kier alpha value is -1.84. The first kappa shape index (κ1) is 14.1. The van der Waals surface area contributed by atoms with Crippen LogP contribution in [0.5, 0.6) is 0 Å². The fourth-order valence-electron chi connectivity index (χ4n) is 2.50. The molecule has 1 N–H and O–H groups in total. The summed E-state index contributed by atoms with van der Waals surface area (Å²) < 4.78 is 0. The van der Waals surface area contributed by atoms with Crippen LogP contribution in [0.1, 0.15) is 11.6 Å². The van der Waals surface area contributed by atoms with Crippen LogP contribution in [0.3, 0.4) is 0 Å². The third-order valence-electron chi connectivity index (χ3n) is 3.61. The molecule has 0 radical (unpaired) electrons. The zero-order valence-corrected chi connectivity index (χ0v) is 12.8. The largest absolute Gasteiger partial charge is 0.312 e. The van der Waals surface area contributed by atoms with E-state index < -0.39 is 0 Å². The molecule has 0 aliphatic heterocycles. The van der Waals surface area contributed by atoms with Gasteiger partial charge in [0.1, 0.15) is 0 Å². The molecule has 0 aliphatic rings. The molecular formula is C18H18N2S. The summed E-state index contributed by atoms with van der Waals surface area (Å²) in [5, 5.41) is 6.07. The third-order valence-corrected chi connectivity index (χ3v) is 4.72. The van der Waals surface area contributed by atoms with Gasteiger partial charge in [-0.3, -0.25) is 4.98 Å². The van der Waals surface area contributed by atoms with Gasteiger partial charge in [-0.05, 0) is 35.5 Å². The maximum Gasteiger partial charge on any atom is 0.0419 e. The number of benzene rings is 2. The lowest BCUT2D eigenvalue weighted by molar-refractivity contribution is 0.667. The van der Waals surface area contributed by atoms with Crippen LogP contribution < -0.4 is 5.32 Å². The van der Waals surface area contributed by atoms with Crippen LogP contribution >= 0.6 is 11.8 Å². The van der Waals surface area contributed by atoms with E-state index in [2.05, 4.69) is 64.9 Å². The normalized spacial score (nSPS) is 12.4. The van der Waals surface area contributed by atoms with Crippen molar-refractivity contribution < 1.29 is 0 Å². The highest BCUT2D eigenvalue weighted by Crippen LogP contribution is 2.28. The smallest absolute Gasteiger partial charge is 0.0419 e. The minimum Gasteiger partial charge on any atom is -0.312 e. The summed E-state index contributed by atoms with van der Waals surface area (Å²) >= 11 is 1.85. The lowest BCUT2D eigenvalue weighted by Gasteiger charge is -2.18. The number of pyridine rings is 1. The molecule has 2 aromatic carbocycles. The molecule has 1 heterocycles. The zero-order chi connectivity index (χ0) is 14.5. The number of aromatic nitrogens is 1. The molecular weight excluding hydrogens is 276 g/mol. The van der Waals surface area contributed by atoms with E-state index in [9.17, 15) is 0 Å². The first-order valence-electron chi connectivity index (χ1n) is 7.06. The molecule has 0 aliphatic carbocycles. The number of fused-ring (bicyclic) bond motifs is 1. The molecule has 3 rings (SSSR count). The molecule has 0 amide bonds. The molecule has 1 aromatic heterocycles. The molecule has 2 nitrogen and oxygen atoms in total. The van der Waals surface area contributed by atoms with E-state index in [0.29, 0.717) is 6.04 Å². The fourth-order valence-corrected chi connectivity index (χ4v) is 3.52. The Morgan fingerprint density at radius 3 is 2.57 bits per heavy atom. The van der Waals surface area contributed by atoms with E-state index >= 15 is 0 Å². The summed E-state index contributed by atoms with van der Waals surface area (Å²) in [6, 6.07) is 19.5. The van der Waals surface area contributed by atoms with E-state index in [1.807, 2.05) is 31.2 Å². The Morgan fingerprint density at radius 2 is 1.76 bits per heavy atom. The molecule has 0 saturated carbocycles. The first-order chi connectivity index (χ1) is 10.4. The van der Waals surface area contributed by atoms with Gasteiger partial charge < -0.3 is 5.32 Å². The van der Waals surface area contributed by atoms with Gasteiger partial charge >= 0.3 is 0 Å². The number of hydrogen-bond donors (Lipinski definition) is 1. The van der Waals surface area contributed by atoms with Crippen LogP contribution in [0.2, 0.25) is 0 Å². The second-order valence-electron chi connectivity index (χ2n) is 4.90. The number of thioether (sulfide) groups is 1. The molecule has 106 valence electrons. The van der Waals surface area contributed by atoms with E-state index in [4.69, 9.17) is 0 Å². The van der Waals surface area contributed by atoms with Crippen LogP contribution in [-0.4, -0.2) is 17.8 Å². The quantitative estimate of drug-likeness (QED) is 0.711. The number of nitrogens with one attached hydrogen (secondary N) is 1. The maximum atomic E-state index is 4.06. The van der Waals surface area contributed by atoms with Crippen molar-refractivity contribution in [2.75, 3.05) is 12.8 Å². The Kier molecular flexibility index (Phi) is 4.53. The molecule has 0 saturated heterocycles. The fraction of sp³-hybridized carbons (Fsp3) is 0.167. The van der Waals surface area contributed by atoms with E-state index in [0.717, 1.165) is 5.75 Å². The molecule has 21 heavy (non-hydrogen) atoms. The van der Waals surface area contributed by atoms with Gasteiger partial charge in [0, 0.05) is 29.1 Å². The van der Waals surface area contributed by atoms with E-state index in [1.54, 1.807) is 0 Å². The Bertz CT molecular complexity index is 707. The number of rotatable bonds is 5. The van der Waals surface area contributed by atoms with Crippen LogP contribution in [0.25, 0.3) is 10.8 Å². The van der Waals surface area contributed by atoms with Crippen LogP contribution in [0.15, 0.2) is 71.9 Å². The summed E-state index contributed by atoms with van der Waals surface area (Å²) in [6.45, 7) is 0. The average Bonchev–Trinajstić information content (AvgIpc) is 2.56. The summed E-state index contributed by atoms with van der Waals surface area (Å²) in [4.78, 5) is 5.32. The molecule has 1 atom stereocenters. The monoisotopic (exact) mass is 294 g/mol. The van der Waals surface area contributed by atoms with Crippen molar-refractivity contribution in [3.63, 3.8) is 0 Å². The summed E-state index contributed by atoms with van der Waals surface area (Å²) in [5.74, 6) is 0.995. The van der Waals surface area contributed by atoms with Crippen molar-refractivity contribution in [3.8, 4) is 0 Å². The van der Waals surface area contributed by atoms with Crippen LogP contribution in [-0.2, 0) is 0 Å². The predicted molar refractivity (Wildman–Crippen MR) is 90.7 cm³/mol. The van der Waals surface area contributed by atoms with Gasteiger partial charge in [-0.15, -0.1) is 11.8 Å². The standard InChI is InChI=1S/C18H18N2S/c1-19-18(13-21-15-9-11-20-12-10-15)17-8-4-6-14-5-2-3-7-16(14)17/h2-12,18-19H,13H2,1H3. The molecule has 3 heteroatoms. The zero-order valence-electron chi connectivity index (χ0n) is 12.0. The topological polar surface area (TPSA) is 24.9 Å². The van der Waals surface area contributed by atoms with Crippen LogP contribution in [0.4, 0.5) is 0 Å². The van der Waals surface area contributed by atoms with Gasteiger partial charge in [-0.1, -0.05) is 42.5 Å². The minimum atomic E-state index is 0.328. The summed E-state index contributed by atoms with van der Waals surface area (Å²) in [5.41, 5.74) is 1.36. The van der Waals surface area contributed by atoms with Crippen molar-refractivity contribution in [2.24, 2.45) is 0 Å². The van der Waals surface area contributed by atoms with Gasteiger partial charge in [0.2, 0.25) is 0 Å². The van der Waals surface area contributed by atoms with E-state index in [1.165, 1.54) is 21.2 Å². The second kappa shape index (κ2) is 6.74. The van der Waals surface area contributed by atoms with E-state index in [-0.39, 0.29) is 0 Å².